The van der Waals surface area contributed by atoms with Crippen LogP contribution in [0, 0.1) is 0 Å². The third kappa shape index (κ3) is 1.11. The van der Waals surface area contributed by atoms with Gasteiger partial charge < -0.3 is 10.1 Å². The topological polar surface area (TPSA) is 34.2 Å². The monoisotopic (exact) mass is 184 g/mol. The molecule has 4 heteroatoms. The first-order chi connectivity index (χ1) is 5.80. The zero-order valence-corrected chi connectivity index (χ0v) is 8.07. The Hall–Kier alpha value is -0.610. The molecule has 3 nitrogen and oxygen atoms in total. The molecule has 0 saturated heterocycles. The Morgan fingerprint density at radius 1 is 1.67 bits per heavy atom. The molecule has 1 N–H and O–H groups in total. The highest BCUT2D eigenvalue weighted by Crippen LogP contribution is 2.48. The molecule has 1 aromatic heterocycles. The van der Waals surface area contributed by atoms with Crippen LogP contribution in [0.1, 0.15) is 17.7 Å². The van der Waals surface area contributed by atoms with E-state index in [1.54, 1.807) is 18.4 Å². The second-order valence-electron chi connectivity index (χ2n) is 3.03. The summed E-state index contributed by atoms with van der Waals surface area (Å²) in [7, 11) is 3.65. The summed E-state index contributed by atoms with van der Waals surface area (Å²) in [6, 6.07) is 0. The van der Waals surface area contributed by atoms with Crippen LogP contribution in [0.3, 0.4) is 0 Å². The lowest BCUT2D eigenvalue weighted by molar-refractivity contribution is 0.412. The summed E-state index contributed by atoms with van der Waals surface area (Å²) in [5.74, 6) is 0. The largest absolute Gasteiger partial charge is 0.473 e. The van der Waals surface area contributed by atoms with Gasteiger partial charge in [-0.15, -0.1) is 0 Å². The molecule has 0 amide bonds. The van der Waals surface area contributed by atoms with Crippen molar-refractivity contribution in [1.82, 2.24) is 10.3 Å². The zero-order chi connectivity index (χ0) is 8.60. The highest BCUT2D eigenvalue weighted by molar-refractivity contribution is 7.13. The molecule has 66 valence electrons. The Balaban J connectivity index is 2.23. The number of rotatable bonds is 3. The fraction of sp³-hybridized carbons (Fsp3) is 0.625. The lowest BCUT2D eigenvalue weighted by atomic mass is 10.2. The smallest absolute Gasteiger partial charge is 0.273 e. The van der Waals surface area contributed by atoms with Crippen molar-refractivity contribution in [2.24, 2.45) is 0 Å². The van der Waals surface area contributed by atoms with E-state index in [0.29, 0.717) is 0 Å². The van der Waals surface area contributed by atoms with Crippen LogP contribution in [0.5, 0.6) is 5.19 Å². The van der Waals surface area contributed by atoms with Crippen LogP contribution >= 0.6 is 11.3 Å². The van der Waals surface area contributed by atoms with Crippen molar-refractivity contribution in [2.75, 3.05) is 14.2 Å². The van der Waals surface area contributed by atoms with Gasteiger partial charge in [0.05, 0.1) is 12.6 Å². The predicted molar refractivity (Wildman–Crippen MR) is 48.6 cm³/mol. The number of methoxy groups -OCH3 is 1. The van der Waals surface area contributed by atoms with Crippen LogP contribution in [0.4, 0.5) is 0 Å². The van der Waals surface area contributed by atoms with Gasteiger partial charge in [-0.05, 0) is 19.9 Å². The van der Waals surface area contributed by atoms with Crippen molar-refractivity contribution in [3.8, 4) is 5.19 Å². The quantitative estimate of drug-likeness (QED) is 0.770. The maximum absolute atomic E-state index is 5.04. The molecule has 0 spiro atoms. The van der Waals surface area contributed by atoms with Gasteiger partial charge in [-0.1, -0.05) is 11.3 Å². The van der Waals surface area contributed by atoms with Crippen molar-refractivity contribution in [3.05, 3.63) is 11.1 Å². The summed E-state index contributed by atoms with van der Waals surface area (Å²) in [6.07, 6.45) is 4.34. The summed E-state index contributed by atoms with van der Waals surface area (Å²) in [4.78, 5) is 5.44. The molecule has 1 saturated carbocycles. The Kier molecular flexibility index (Phi) is 1.81. The van der Waals surface area contributed by atoms with Gasteiger partial charge in [-0.2, -0.15) is 0 Å². The van der Waals surface area contributed by atoms with Gasteiger partial charge in [0.15, 0.2) is 0 Å². The maximum atomic E-state index is 5.04. The Morgan fingerprint density at radius 2 is 2.42 bits per heavy atom. The number of ether oxygens (including phenoxy) is 1. The average molecular weight is 184 g/mol. The summed E-state index contributed by atoms with van der Waals surface area (Å²) in [5.41, 5.74) is 0.231. The molecule has 1 heterocycles. The van der Waals surface area contributed by atoms with Gasteiger partial charge in [0.1, 0.15) is 0 Å². The van der Waals surface area contributed by atoms with Crippen molar-refractivity contribution in [3.63, 3.8) is 0 Å². The molecule has 1 aromatic rings. The second kappa shape index (κ2) is 2.71. The van der Waals surface area contributed by atoms with Gasteiger partial charge in [-0.3, -0.25) is 0 Å². The summed E-state index contributed by atoms with van der Waals surface area (Å²) < 4.78 is 5.04. The molecule has 1 aliphatic carbocycles. The van der Waals surface area contributed by atoms with Crippen molar-refractivity contribution in [1.29, 1.82) is 0 Å². The van der Waals surface area contributed by atoms with E-state index in [9.17, 15) is 0 Å². The minimum atomic E-state index is 0.231. The third-order valence-electron chi connectivity index (χ3n) is 2.36. The van der Waals surface area contributed by atoms with E-state index in [-0.39, 0.29) is 5.54 Å². The Morgan fingerprint density at radius 3 is 2.83 bits per heavy atom. The van der Waals surface area contributed by atoms with Gasteiger partial charge in [0, 0.05) is 11.1 Å². The first kappa shape index (κ1) is 8.01. The SMILES string of the molecule is CNC1(c2cnc(OC)s2)CC1. The maximum Gasteiger partial charge on any atom is 0.273 e. The molecular weight excluding hydrogens is 172 g/mol. The Bertz CT molecular complexity index is 280. The first-order valence-electron chi connectivity index (χ1n) is 4.00. The summed E-state index contributed by atoms with van der Waals surface area (Å²) >= 11 is 1.63. The van der Waals surface area contributed by atoms with Crippen LogP contribution in [0.15, 0.2) is 6.20 Å². The average Bonchev–Trinajstić information content (AvgIpc) is 2.77. The molecule has 0 unspecified atom stereocenters. The number of aromatic nitrogens is 1. The minimum Gasteiger partial charge on any atom is -0.473 e. The number of thiazole rings is 1. The lowest BCUT2D eigenvalue weighted by Crippen LogP contribution is -2.23. The van der Waals surface area contributed by atoms with E-state index < -0.39 is 0 Å². The lowest BCUT2D eigenvalue weighted by Gasteiger charge is -2.09. The van der Waals surface area contributed by atoms with E-state index in [1.165, 1.54) is 17.7 Å². The molecule has 2 rings (SSSR count). The van der Waals surface area contributed by atoms with Crippen LogP contribution < -0.4 is 10.1 Å². The number of hydrogen-bond donors (Lipinski definition) is 1. The molecule has 1 aliphatic rings. The molecule has 0 bridgehead atoms. The molecule has 1 fully saturated rings. The first-order valence-corrected chi connectivity index (χ1v) is 4.81. The van der Waals surface area contributed by atoms with Crippen molar-refractivity contribution in [2.45, 2.75) is 18.4 Å². The molecule has 0 radical (unpaired) electrons. The van der Waals surface area contributed by atoms with Crippen molar-refractivity contribution >= 4 is 11.3 Å². The highest BCUT2D eigenvalue weighted by atomic mass is 32.1. The highest BCUT2D eigenvalue weighted by Gasteiger charge is 2.44. The number of hydrogen-bond acceptors (Lipinski definition) is 4. The van der Waals surface area contributed by atoms with Crippen LogP contribution in [-0.2, 0) is 5.54 Å². The molecule has 0 aromatic carbocycles. The van der Waals surface area contributed by atoms with Crippen LogP contribution in [0.2, 0.25) is 0 Å². The van der Waals surface area contributed by atoms with Crippen molar-refractivity contribution < 1.29 is 4.74 Å². The summed E-state index contributed by atoms with van der Waals surface area (Å²) in [5, 5.41) is 4.08. The van der Waals surface area contributed by atoms with E-state index in [4.69, 9.17) is 4.74 Å². The van der Waals surface area contributed by atoms with E-state index >= 15 is 0 Å². The van der Waals surface area contributed by atoms with Gasteiger partial charge >= 0.3 is 0 Å². The van der Waals surface area contributed by atoms with Gasteiger partial charge in [0.2, 0.25) is 0 Å². The molecule has 12 heavy (non-hydrogen) atoms. The van der Waals surface area contributed by atoms with E-state index in [1.807, 2.05) is 13.2 Å². The third-order valence-corrected chi connectivity index (χ3v) is 3.52. The van der Waals surface area contributed by atoms with Crippen LogP contribution in [-0.4, -0.2) is 19.1 Å². The second-order valence-corrected chi connectivity index (χ2v) is 4.02. The number of nitrogens with zero attached hydrogens (tertiary/aromatic N) is 1. The minimum absolute atomic E-state index is 0.231. The fourth-order valence-electron chi connectivity index (χ4n) is 1.32. The molecule has 0 atom stereocenters. The van der Waals surface area contributed by atoms with Gasteiger partial charge in [0.25, 0.3) is 5.19 Å². The van der Waals surface area contributed by atoms with E-state index in [0.717, 1.165) is 5.19 Å². The van der Waals surface area contributed by atoms with Gasteiger partial charge in [-0.25, -0.2) is 4.98 Å². The Labute approximate surface area is 75.8 Å². The zero-order valence-electron chi connectivity index (χ0n) is 7.26. The molecular formula is C8H12N2OS. The van der Waals surface area contributed by atoms with E-state index in [2.05, 4.69) is 10.3 Å². The predicted octanol–water partition coefficient (Wildman–Crippen LogP) is 1.36. The standard InChI is InChI=1S/C8H12N2OS/c1-9-8(3-4-8)6-5-10-7(11-2)12-6/h5,9H,3-4H2,1-2H3. The molecule has 0 aliphatic heterocycles. The number of nitrogens with one attached hydrogen (secondary N) is 1. The fourth-order valence-corrected chi connectivity index (χ4v) is 2.30. The van der Waals surface area contributed by atoms with Crippen LogP contribution in [0.25, 0.3) is 0 Å². The normalized spacial score (nSPS) is 19.2. The summed E-state index contributed by atoms with van der Waals surface area (Å²) in [6.45, 7) is 0.